The number of thiophene rings is 1. The van der Waals surface area contributed by atoms with E-state index in [0.29, 0.717) is 34.9 Å². The van der Waals surface area contributed by atoms with Crippen molar-refractivity contribution >= 4 is 27.7 Å². The molecule has 1 aliphatic heterocycles. The maximum absolute atomic E-state index is 14.2. The van der Waals surface area contributed by atoms with E-state index in [1.165, 1.54) is 12.1 Å². The third-order valence-corrected chi connectivity index (χ3v) is 7.66. The fourth-order valence-corrected chi connectivity index (χ4v) is 5.31. The summed E-state index contributed by atoms with van der Waals surface area (Å²) < 4.78 is 27.5. The molecule has 11 heteroatoms. The second-order valence-electron chi connectivity index (χ2n) is 9.31. The maximum Gasteiger partial charge on any atom is 0.346 e. The Kier molecular flexibility index (Phi) is 6.94. The first-order valence-electron chi connectivity index (χ1n) is 12.5. The lowest BCUT2D eigenvalue weighted by Crippen LogP contribution is -2.31. The van der Waals surface area contributed by atoms with Crippen molar-refractivity contribution in [2.75, 3.05) is 6.61 Å². The zero-order valence-corrected chi connectivity index (χ0v) is 21.9. The largest absolute Gasteiger partial charge is 0.477 e. The molecule has 200 valence electrons. The van der Waals surface area contributed by atoms with Gasteiger partial charge >= 0.3 is 5.97 Å². The van der Waals surface area contributed by atoms with E-state index in [1.54, 1.807) is 30.5 Å². The lowest BCUT2D eigenvalue weighted by atomic mass is 10.1. The first kappa shape index (κ1) is 25.6. The number of halogens is 1. The van der Waals surface area contributed by atoms with Crippen molar-refractivity contribution in [2.45, 2.75) is 32.1 Å². The normalized spacial score (nSPS) is 14.6. The molecular formula is C29H22FN5O4S. The SMILES string of the molecule is N#Cc1ccc(COc2cccc(-c3ccc(Cc4nc5sc(C(=O)O)cc5n4CC4CCO4)nc3)n2)c(F)c1. The fraction of sp³-hybridized carbons (Fsp3) is 0.207. The molecule has 5 aromatic rings. The number of pyridine rings is 2. The third kappa shape index (κ3) is 5.27. The Morgan fingerprint density at radius 2 is 2.10 bits per heavy atom. The number of carboxylic acid groups (broad SMARTS) is 1. The predicted molar refractivity (Wildman–Crippen MR) is 145 cm³/mol. The van der Waals surface area contributed by atoms with Gasteiger partial charge in [0, 0.05) is 42.1 Å². The highest BCUT2D eigenvalue weighted by atomic mass is 32.1. The van der Waals surface area contributed by atoms with Crippen molar-refractivity contribution in [2.24, 2.45) is 0 Å². The average molecular weight is 556 g/mol. The van der Waals surface area contributed by atoms with Crippen LogP contribution < -0.4 is 4.74 Å². The number of hydrogen-bond donors (Lipinski definition) is 1. The van der Waals surface area contributed by atoms with E-state index in [-0.39, 0.29) is 23.2 Å². The fourth-order valence-electron chi connectivity index (χ4n) is 4.42. The van der Waals surface area contributed by atoms with Crippen LogP contribution in [0.4, 0.5) is 4.39 Å². The zero-order valence-electron chi connectivity index (χ0n) is 21.1. The van der Waals surface area contributed by atoms with Crippen molar-refractivity contribution in [3.63, 3.8) is 0 Å². The van der Waals surface area contributed by atoms with Gasteiger partial charge in [0.05, 0.1) is 35.5 Å². The van der Waals surface area contributed by atoms with Gasteiger partial charge in [-0.05, 0) is 42.8 Å². The van der Waals surface area contributed by atoms with Crippen LogP contribution in [0.1, 0.15) is 38.7 Å². The number of rotatable bonds is 9. The van der Waals surface area contributed by atoms with Crippen LogP contribution in [0.3, 0.4) is 0 Å². The summed E-state index contributed by atoms with van der Waals surface area (Å²) in [5.41, 5.74) is 3.63. The number of nitriles is 1. The van der Waals surface area contributed by atoms with Gasteiger partial charge in [0.15, 0.2) is 0 Å². The summed E-state index contributed by atoms with van der Waals surface area (Å²) in [5, 5.41) is 18.3. The van der Waals surface area contributed by atoms with Gasteiger partial charge in [-0.3, -0.25) is 4.98 Å². The van der Waals surface area contributed by atoms with Crippen molar-refractivity contribution in [3.8, 4) is 23.2 Å². The second kappa shape index (κ2) is 10.8. The molecule has 0 amide bonds. The van der Waals surface area contributed by atoms with Gasteiger partial charge in [-0.15, -0.1) is 11.3 Å². The molecule has 0 spiro atoms. The Morgan fingerprint density at radius 3 is 2.80 bits per heavy atom. The molecule has 9 nitrogen and oxygen atoms in total. The number of aromatic carboxylic acids is 1. The van der Waals surface area contributed by atoms with E-state index in [4.69, 9.17) is 19.7 Å². The van der Waals surface area contributed by atoms with E-state index in [0.717, 1.165) is 47.0 Å². The van der Waals surface area contributed by atoms with Crippen molar-refractivity contribution in [1.29, 1.82) is 5.26 Å². The van der Waals surface area contributed by atoms with Crippen LogP contribution >= 0.6 is 11.3 Å². The van der Waals surface area contributed by atoms with Crippen LogP contribution in [-0.2, 0) is 24.3 Å². The number of hydrogen-bond acceptors (Lipinski definition) is 8. The Morgan fingerprint density at radius 1 is 1.23 bits per heavy atom. The molecule has 0 bridgehead atoms. The molecule has 4 aromatic heterocycles. The van der Waals surface area contributed by atoms with Crippen LogP contribution in [-0.4, -0.2) is 43.3 Å². The number of aromatic nitrogens is 4. The summed E-state index contributed by atoms with van der Waals surface area (Å²) in [6, 6.07) is 17.0. The van der Waals surface area contributed by atoms with Crippen LogP contribution in [0.2, 0.25) is 0 Å². The minimum absolute atomic E-state index is 0.0187. The van der Waals surface area contributed by atoms with Crippen LogP contribution in [0.25, 0.3) is 21.6 Å². The summed E-state index contributed by atoms with van der Waals surface area (Å²) in [5.74, 6) is -0.320. The second-order valence-corrected chi connectivity index (χ2v) is 10.3. The maximum atomic E-state index is 14.2. The van der Waals surface area contributed by atoms with E-state index in [1.807, 2.05) is 28.8 Å². The summed E-state index contributed by atoms with van der Waals surface area (Å²) in [4.78, 5) is 26.3. The van der Waals surface area contributed by atoms with Gasteiger partial charge in [0.2, 0.25) is 5.88 Å². The zero-order chi connectivity index (χ0) is 27.6. The lowest BCUT2D eigenvalue weighted by Gasteiger charge is -2.27. The van der Waals surface area contributed by atoms with Crippen LogP contribution in [0.15, 0.2) is 60.8 Å². The molecule has 0 saturated carbocycles. The summed E-state index contributed by atoms with van der Waals surface area (Å²) >= 11 is 1.16. The van der Waals surface area contributed by atoms with E-state index < -0.39 is 11.8 Å². The molecule has 1 N–H and O–H groups in total. The minimum Gasteiger partial charge on any atom is -0.477 e. The Balaban J connectivity index is 1.18. The first-order chi connectivity index (χ1) is 19.5. The number of carbonyl (C=O) groups is 1. The topological polar surface area (TPSA) is 123 Å². The molecular weight excluding hydrogens is 533 g/mol. The molecule has 1 aliphatic rings. The van der Waals surface area contributed by atoms with Crippen LogP contribution in [0.5, 0.6) is 5.88 Å². The van der Waals surface area contributed by atoms with E-state index >= 15 is 0 Å². The lowest BCUT2D eigenvalue weighted by molar-refractivity contribution is -0.0589. The number of imidazole rings is 1. The third-order valence-electron chi connectivity index (χ3n) is 6.66. The molecule has 0 radical (unpaired) electrons. The molecule has 0 aliphatic carbocycles. The molecule has 1 atom stereocenters. The van der Waals surface area contributed by atoms with Gasteiger partial charge in [-0.1, -0.05) is 12.1 Å². The van der Waals surface area contributed by atoms with E-state index in [9.17, 15) is 14.3 Å². The monoisotopic (exact) mass is 555 g/mol. The standard InChI is InChI=1S/C29H22FN5O4S/c30-22-10-17(13-31)4-5-19(22)16-39-27-3-1-2-23(33-27)18-6-7-20(32-14-18)11-26-34-28-24(12-25(40-28)29(36)37)35(26)15-21-8-9-38-21/h1-7,10,12,14,21H,8-9,11,15-16H2,(H,36,37). The molecule has 1 unspecified atom stereocenters. The van der Waals surface area contributed by atoms with Crippen molar-refractivity contribution in [3.05, 3.63) is 94.1 Å². The number of nitrogens with zero attached hydrogens (tertiary/aromatic N) is 5. The van der Waals surface area contributed by atoms with Crippen molar-refractivity contribution < 1.29 is 23.8 Å². The molecule has 5 heterocycles. The van der Waals surface area contributed by atoms with Crippen LogP contribution in [0, 0.1) is 17.1 Å². The minimum atomic E-state index is -0.960. The molecule has 1 fully saturated rings. The molecule has 40 heavy (non-hydrogen) atoms. The smallest absolute Gasteiger partial charge is 0.346 e. The number of fused-ring (bicyclic) bond motifs is 1. The van der Waals surface area contributed by atoms with Gasteiger partial charge in [0.1, 0.15) is 28.0 Å². The Labute approximate surface area is 232 Å². The molecule has 6 rings (SSSR count). The van der Waals surface area contributed by atoms with Gasteiger partial charge in [-0.2, -0.15) is 5.26 Å². The number of benzene rings is 1. The highest BCUT2D eigenvalue weighted by Gasteiger charge is 2.24. The summed E-state index contributed by atoms with van der Waals surface area (Å²) in [7, 11) is 0. The molecule has 1 aromatic carbocycles. The quantitative estimate of drug-likeness (QED) is 0.263. The highest BCUT2D eigenvalue weighted by Crippen LogP contribution is 2.29. The van der Waals surface area contributed by atoms with E-state index in [2.05, 4.69) is 9.97 Å². The first-order valence-corrected chi connectivity index (χ1v) is 13.4. The number of carboxylic acids is 1. The molecule has 1 saturated heterocycles. The average Bonchev–Trinajstić information content (AvgIpc) is 3.49. The van der Waals surface area contributed by atoms with Gasteiger partial charge < -0.3 is 19.1 Å². The Hall–Kier alpha value is -4.66. The highest BCUT2D eigenvalue weighted by molar-refractivity contribution is 7.20. The summed E-state index contributed by atoms with van der Waals surface area (Å²) in [6.07, 6.45) is 3.26. The predicted octanol–water partition coefficient (Wildman–Crippen LogP) is 5.22. The summed E-state index contributed by atoms with van der Waals surface area (Å²) in [6.45, 7) is 1.33. The number of ether oxygens (including phenoxy) is 2. The Bertz CT molecular complexity index is 1750. The van der Waals surface area contributed by atoms with Gasteiger partial charge in [0.25, 0.3) is 0 Å². The van der Waals surface area contributed by atoms with Gasteiger partial charge in [-0.25, -0.2) is 19.2 Å². The van der Waals surface area contributed by atoms with Crippen molar-refractivity contribution in [1.82, 2.24) is 19.5 Å².